The number of hydrogen-bond acceptors (Lipinski definition) is 6. The third-order valence-electron chi connectivity index (χ3n) is 3.41. The molecule has 0 saturated heterocycles. The number of hydrazine groups is 1. The molecule has 0 spiro atoms. The number of fused-ring (bicyclic) bond motifs is 1. The highest BCUT2D eigenvalue weighted by Crippen LogP contribution is 2.34. The average Bonchev–Trinajstić information content (AvgIpc) is 3.01. The van der Waals surface area contributed by atoms with Gasteiger partial charge in [-0.15, -0.1) is 0 Å². The highest BCUT2D eigenvalue weighted by molar-refractivity contribution is 9.10. The van der Waals surface area contributed by atoms with E-state index in [4.69, 9.17) is 33.8 Å². The number of aromatic nitrogens is 1. The van der Waals surface area contributed by atoms with Crippen molar-refractivity contribution in [2.24, 2.45) is 5.84 Å². The molecule has 0 aliphatic carbocycles. The summed E-state index contributed by atoms with van der Waals surface area (Å²) in [6, 6.07) is 8.41. The summed E-state index contributed by atoms with van der Waals surface area (Å²) in [7, 11) is 0. The van der Waals surface area contributed by atoms with Gasteiger partial charge in [-0.3, -0.25) is 10.2 Å². The summed E-state index contributed by atoms with van der Waals surface area (Å²) >= 11 is 16.8. The molecule has 0 aliphatic heterocycles. The van der Waals surface area contributed by atoms with E-state index < -0.39 is 6.10 Å². The molecule has 136 valence electrons. The van der Waals surface area contributed by atoms with Gasteiger partial charge in [0.05, 0.1) is 15.2 Å². The summed E-state index contributed by atoms with van der Waals surface area (Å²) in [5, 5.41) is 4.23. The van der Waals surface area contributed by atoms with Gasteiger partial charge in [0.1, 0.15) is 5.75 Å². The van der Waals surface area contributed by atoms with E-state index in [1.807, 2.05) is 6.07 Å². The summed E-state index contributed by atoms with van der Waals surface area (Å²) in [6.07, 6.45) is -0.758. The second-order valence-corrected chi connectivity index (χ2v) is 8.02. The Balaban J connectivity index is 1.75. The number of carbonyl (C=O) groups is 1. The molecule has 4 N–H and O–H groups in total. The lowest BCUT2D eigenvalue weighted by Gasteiger charge is -2.16. The van der Waals surface area contributed by atoms with E-state index in [0.29, 0.717) is 26.6 Å². The number of hydrogen-bond donors (Lipinski definition) is 3. The van der Waals surface area contributed by atoms with Crippen molar-refractivity contribution in [3.05, 3.63) is 44.8 Å². The molecule has 3 aromatic rings. The maximum Gasteiger partial charge on any atom is 0.265 e. The van der Waals surface area contributed by atoms with Crippen molar-refractivity contribution in [2.45, 2.75) is 13.0 Å². The average molecular weight is 476 g/mol. The van der Waals surface area contributed by atoms with Crippen LogP contribution in [0.15, 0.2) is 34.8 Å². The van der Waals surface area contributed by atoms with Crippen molar-refractivity contribution >= 4 is 77.4 Å². The lowest BCUT2D eigenvalue weighted by molar-refractivity contribution is -0.122. The van der Waals surface area contributed by atoms with Crippen molar-refractivity contribution in [1.29, 1.82) is 0 Å². The van der Waals surface area contributed by atoms with Crippen LogP contribution in [-0.2, 0) is 4.79 Å². The number of benzene rings is 2. The van der Waals surface area contributed by atoms with Gasteiger partial charge < -0.3 is 10.1 Å². The van der Waals surface area contributed by atoms with E-state index in [-0.39, 0.29) is 5.91 Å². The molecule has 2 aromatic carbocycles. The summed E-state index contributed by atoms with van der Waals surface area (Å²) in [5.41, 5.74) is 3.89. The van der Waals surface area contributed by atoms with E-state index in [0.717, 1.165) is 14.7 Å². The van der Waals surface area contributed by atoms with Crippen LogP contribution in [0.2, 0.25) is 10.0 Å². The van der Waals surface area contributed by atoms with Crippen molar-refractivity contribution < 1.29 is 9.53 Å². The summed E-state index contributed by atoms with van der Waals surface area (Å²) in [4.78, 5) is 16.8. The van der Waals surface area contributed by atoms with Crippen LogP contribution in [0.25, 0.3) is 10.2 Å². The number of ether oxygens (including phenoxy) is 1. The first-order valence-electron chi connectivity index (χ1n) is 7.36. The Kier molecular flexibility index (Phi) is 5.89. The first-order chi connectivity index (χ1) is 12.4. The number of amides is 1. The first kappa shape index (κ1) is 19.2. The minimum atomic E-state index is -0.758. The quantitative estimate of drug-likeness (QED) is 0.354. The zero-order valence-corrected chi connectivity index (χ0v) is 17.3. The lowest BCUT2D eigenvalue weighted by Crippen LogP contribution is -2.30. The third kappa shape index (κ3) is 4.21. The van der Waals surface area contributed by atoms with Crippen molar-refractivity contribution in [3.63, 3.8) is 0 Å². The molecule has 10 heteroatoms. The smallest absolute Gasteiger partial charge is 0.265 e. The Morgan fingerprint density at radius 2 is 2.12 bits per heavy atom. The van der Waals surface area contributed by atoms with Crippen LogP contribution in [0.1, 0.15) is 6.92 Å². The van der Waals surface area contributed by atoms with Gasteiger partial charge in [0, 0.05) is 15.2 Å². The molecular formula is C16H13BrCl2N4O2S. The number of nitrogens with one attached hydrogen (secondary N) is 2. The minimum absolute atomic E-state index is 0.316. The van der Waals surface area contributed by atoms with E-state index in [2.05, 4.69) is 31.7 Å². The van der Waals surface area contributed by atoms with Gasteiger partial charge >= 0.3 is 0 Å². The van der Waals surface area contributed by atoms with Crippen molar-refractivity contribution in [1.82, 2.24) is 4.98 Å². The van der Waals surface area contributed by atoms with E-state index in [9.17, 15) is 4.79 Å². The number of nitrogens with zero attached hydrogens (tertiary/aromatic N) is 1. The molecule has 0 fully saturated rings. The van der Waals surface area contributed by atoms with Crippen LogP contribution in [0.3, 0.4) is 0 Å². The monoisotopic (exact) mass is 474 g/mol. The first-order valence-corrected chi connectivity index (χ1v) is 9.73. The number of carbonyl (C=O) groups excluding carboxylic acids is 1. The Morgan fingerprint density at radius 1 is 1.35 bits per heavy atom. The fraction of sp³-hybridized carbons (Fsp3) is 0.125. The van der Waals surface area contributed by atoms with Crippen molar-refractivity contribution in [3.8, 4) is 5.75 Å². The van der Waals surface area contributed by atoms with Gasteiger partial charge in [-0.1, -0.05) is 34.5 Å². The number of thiazole rings is 1. The standard InChI is InChI=1S/C16H13BrCl2N4O2S/c1-7(25-12-3-2-8(18)4-11(12)19)15(24)21-9-5-10(17)14-13(6-9)26-16(22-14)23-20/h2-7H,20H2,1H3,(H,21,24)(H,22,23)/t7-/m0/s1. The molecule has 3 rings (SSSR count). The van der Waals surface area contributed by atoms with Crippen LogP contribution < -0.4 is 21.3 Å². The molecule has 0 unspecified atom stereocenters. The molecular weight excluding hydrogens is 463 g/mol. The van der Waals surface area contributed by atoms with Crippen LogP contribution in [-0.4, -0.2) is 17.0 Å². The van der Waals surface area contributed by atoms with Gasteiger partial charge in [0.2, 0.25) is 0 Å². The maximum absolute atomic E-state index is 12.4. The van der Waals surface area contributed by atoms with Crippen LogP contribution >= 0.6 is 50.5 Å². The van der Waals surface area contributed by atoms with Crippen molar-refractivity contribution in [2.75, 3.05) is 10.7 Å². The third-order valence-corrected chi connectivity index (χ3v) is 5.47. The van der Waals surface area contributed by atoms with E-state index in [1.165, 1.54) is 11.3 Å². The normalized spacial score (nSPS) is 12.0. The molecule has 0 saturated carbocycles. The second-order valence-electron chi connectivity index (χ2n) is 5.29. The maximum atomic E-state index is 12.4. The van der Waals surface area contributed by atoms with Crippen LogP contribution in [0, 0.1) is 0 Å². The predicted octanol–water partition coefficient (Wildman–Crippen LogP) is 5.06. The molecule has 1 amide bonds. The number of nitrogen functional groups attached to an aromatic ring is 1. The van der Waals surface area contributed by atoms with E-state index in [1.54, 1.807) is 31.2 Å². The topological polar surface area (TPSA) is 89.3 Å². The van der Waals surface area contributed by atoms with Crippen LogP contribution in [0.4, 0.5) is 10.8 Å². The molecule has 1 heterocycles. The van der Waals surface area contributed by atoms with Gasteiger partial charge in [-0.05, 0) is 53.2 Å². The fourth-order valence-electron chi connectivity index (χ4n) is 2.18. The number of rotatable bonds is 5. The second kappa shape index (κ2) is 7.98. The summed E-state index contributed by atoms with van der Waals surface area (Å²) < 4.78 is 7.24. The zero-order valence-electron chi connectivity index (χ0n) is 13.3. The molecule has 1 aromatic heterocycles. The summed E-state index contributed by atoms with van der Waals surface area (Å²) in [6.45, 7) is 1.64. The largest absolute Gasteiger partial charge is 0.479 e. The van der Waals surface area contributed by atoms with Crippen LogP contribution in [0.5, 0.6) is 5.75 Å². The van der Waals surface area contributed by atoms with E-state index >= 15 is 0 Å². The Morgan fingerprint density at radius 3 is 2.81 bits per heavy atom. The summed E-state index contributed by atoms with van der Waals surface area (Å²) in [5.74, 6) is 5.46. The van der Waals surface area contributed by atoms with Gasteiger partial charge in [-0.2, -0.15) is 0 Å². The molecule has 0 aliphatic rings. The number of anilines is 2. The molecule has 6 nitrogen and oxygen atoms in total. The fourth-order valence-corrected chi connectivity index (χ4v) is 4.16. The predicted molar refractivity (Wildman–Crippen MR) is 110 cm³/mol. The molecule has 0 bridgehead atoms. The zero-order chi connectivity index (χ0) is 18.8. The lowest BCUT2D eigenvalue weighted by atomic mass is 10.2. The van der Waals surface area contributed by atoms with Gasteiger partial charge in [0.25, 0.3) is 5.91 Å². The SMILES string of the molecule is C[C@H](Oc1ccc(Cl)cc1Cl)C(=O)Nc1cc(Br)c2nc(NN)sc2c1. The highest BCUT2D eigenvalue weighted by atomic mass is 79.9. The minimum Gasteiger partial charge on any atom is -0.479 e. The Bertz CT molecular complexity index is 982. The molecule has 0 radical (unpaired) electrons. The Hall–Kier alpha value is -1.58. The molecule has 26 heavy (non-hydrogen) atoms. The molecule has 1 atom stereocenters. The van der Waals surface area contributed by atoms with Gasteiger partial charge in [-0.25, -0.2) is 10.8 Å². The number of nitrogens with two attached hydrogens (primary N) is 1. The van der Waals surface area contributed by atoms with Gasteiger partial charge in [0.15, 0.2) is 11.2 Å². The highest BCUT2D eigenvalue weighted by Gasteiger charge is 2.18. The number of halogens is 3. The Labute approximate surface area is 171 Å².